The van der Waals surface area contributed by atoms with Crippen molar-refractivity contribution in [2.75, 3.05) is 13.1 Å². The predicted octanol–water partition coefficient (Wildman–Crippen LogP) is 2.64. The lowest BCUT2D eigenvalue weighted by Gasteiger charge is -2.16. The van der Waals surface area contributed by atoms with Gasteiger partial charge >= 0.3 is 5.97 Å². The number of carbonyl (C=O) groups is 1. The van der Waals surface area contributed by atoms with Gasteiger partial charge < -0.3 is 5.11 Å². The zero-order chi connectivity index (χ0) is 17.2. The fourth-order valence-corrected chi connectivity index (χ4v) is 4.64. The fraction of sp³-hybridized carbons (Fsp3) is 0.278. The summed E-state index contributed by atoms with van der Waals surface area (Å²) in [7, 11) is -3.45. The van der Waals surface area contributed by atoms with Crippen molar-refractivity contribution in [3.63, 3.8) is 0 Å². The quantitative estimate of drug-likeness (QED) is 0.904. The first-order chi connectivity index (χ1) is 11.5. The second-order valence-corrected chi connectivity index (χ2v) is 7.98. The number of carboxylic acid groups (broad SMARTS) is 1. The molecule has 1 aliphatic rings. The molecule has 0 bridgehead atoms. The summed E-state index contributed by atoms with van der Waals surface area (Å²) in [5.74, 6) is -0.746. The van der Waals surface area contributed by atoms with E-state index in [0.29, 0.717) is 24.4 Å². The monoisotopic (exact) mass is 345 g/mol. The molecule has 5 nitrogen and oxygen atoms in total. The molecule has 0 unspecified atom stereocenters. The van der Waals surface area contributed by atoms with E-state index in [-0.39, 0.29) is 11.5 Å². The smallest absolute Gasteiger partial charge is 0.335 e. The van der Waals surface area contributed by atoms with Crippen LogP contribution in [0.3, 0.4) is 0 Å². The van der Waals surface area contributed by atoms with Crippen molar-refractivity contribution in [3.8, 4) is 0 Å². The Morgan fingerprint density at radius 2 is 1.88 bits per heavy atom. The zero-order valence-corrected chi connectivity index (χ0v) is 13.9. The molecule has 0 radical (unpaired) electrons. The van der Waals surface area contributed by atoms with Crippen LogP contribution in [0.2, 0.25) is 0 Å². The molecule has 0 amide bonds. The minimum Gasteiger partial charge on any atom is -0.478 e. The molecule has 1 aliphatic heterocycles. The third kappa shape index (κ3) is 3.49. The number of sulfonamides is 1. The molecule has 6 heteroatoms. The summed E-state index contributed by atoms with van der Waals surface area (Å²) in [6.07, 6.45) is 1.46. The molecular formula is C18H19NO4S. The summed E-state index contributed by atoms with van der Waals surface area (Å²) in [4.78, 5) is 11.4. The molecule has 1 heterocycles. The molecule has 2 aromatic carbocycles. The van der Waals surface area contributed by atoms with E-state index in [0.717, 1.165) is 12.0 Å². The number of hydrogen-bond donors (Lipinski definition) is 1. The highest BCUT2D eigenvalue weighted by Gasteiger charge is 2.32. The molecule has 0 aromatic heterocycles. The Hall–Kier alpha value is -2.18. The van der Waals surface area contributed by atoms with Gasteiger partial charge in [-0.3, -0.25) is 0 Å². The number of rotatable bonds is 5. The fourth-order valence-electron chi connectivity index (χ4n) is 3.09. The summed E-state index contributed by atoms with van der Waals surface area (Å²) < 4.78 is 26.8. The highest BCUT2D eigenvalue weighted by Crippen LogP contribution is 2.26. The van der Waals surface area contributed by atoms with Gasteiger partial charge in [-0.2, -0.15) is 4.31 Å². The number of carboxylic acids is 1. The minimum atomic E-state index is -3.45. The first kappa shape index (κ1) is 16.7. The van der Waals surface area contributed by atoms with E-state index in [1.165, 1.54) is 4.31 Å². The van der Waals surface area contributed by atoms with Gasteiger partial charge in [-0.05, 0) is 48.6 Å². The van der Waals surface area contributed by atoms with E-state index in [9.17, 15) is 13.2 Å². The maximum absolute atomic E-state index is 12.6. The van der Waals surface area contributed by atoms with Crippen LogP contribution < -0.4 is 0 Å². The van der Waals surface area contributed by atoms with Crippen LogP contribution >= 0.6 is 0 Å². The Morgan fingerprint density at radius 3 is 2.58 bits per heavy atom. The van der Waals surface area contributed by atoms with Gasteiger partial charge in [0.15, 0.2) is 0 Å². The molecule has 0 spiro atoms. The molecular weight excluding hydrogens is 326 g/mol. The van der Waals surface area contributed by atoms with E-state index in [4.69, 9.17) is 5.11 Å². The standard InChI is InChI=1S/C18H19NO4S/c20-18(21)16-6-4-5-14(12-16)11-15-9-10-19(13-15)24(22,23)17-7-2-1-3-8-17/h1-8,12,15H,9-11,13H2,(H,20,21)/t15-/m1/s1. The summed E-state index contributed by atoms with van der Waals surface area (Å²) in [5, 5.41) is 9.06. The van der Waals surface area contributed by atoms with Crippen molar-refractivity contribution in [1.29, 1.82) is 0 Å². The van der Waals surface area contributed by atoms with E-state index in [1.54, 1.807) is 48.5 Å². The highest BCUT2D eigenvalue weighted by atomic mass is 32.2. The lowest BCUT2D eigenvalue weighted by molar-refractivity contribution is 0.0696. The Balaban J connectivity index is 1.70. The molecule has 0 saturated carbocycles. The van der Waals surface area contributed by atoms with E-state index in [1.807, 2.05) is 6.07 Å². The molecule has 1 atom stereocenters. The summed E-state index contributed by atoms with van der Waals surface area (Å²) >= 11 is 0. The Bertz CT molecular complexity index is 833. The second-order valence-electron chi connectivity index (χ2n) is 6.04. The summed E-state index contributed by atoms with van der Waals surface area (Å²) in [6.45, 7) is 0.967. The van der Waals surface area contributed by atoms with Gasteiger partial charge in [0, 0.05) is 13.1 Å². The average Bonchev–Trinajstić information content (AvgIpc) is 3.05. The number of aromatic carboxylic acids is 1. The lowest BCUT2D eigenvalue weighted by Crippen LogP contribution is -2.29. The van der Waals surface area contributed by atoms with Crippen molar-refractivity contribution in [2.45, 2.75) is 17.7 Å². The van der Waals surface area contributed by atoms with Crippen molar-refractivity contribution in [3.05, 3.63) is 65.7 Å². The molecule has 126 valence electrons. The average molecular weight is 345 g/mol. The number of nitrogens with zero attached hydrogens (tertiary/aromatic N) is 1. The first-order valence-corrected chi connectivity index (χ1v) is 9.28. The van der Waals surface area contributed by atoms with Gasteiger partial charge in [-0.25, -0.2) is 13.2 Å². The van der Waals surface area contributed by atoms with E-state index >= 15 is 0 Å². The van der Waals surface area contributed by atoms with Crippen LogP contribution in [0.4, 0.5) is 0 Å². The van der Waals surface area contributed by atoms with Gasteiger partial charge in [0.25, 0.3) is 0 Å². The van der Waals surface area contributed by atoms with Crippen LogP contribution in [-0.4, -0.2) is 36.9 Å². The summed E-state index contributed by atoms with van der Waals surface area (Å²) in [6, 6.07) is 15.3. The van der Waals surface area contributed by atoms with E-state index < -0.39 is 16.0 Å². The van der Waals surface area contributed by atoms with Crippen molar-refractivity contribution >= 4 is 16.0 Å². The molecule has 3 rings (SSSR count). The normalized spacial score (nSPS) is 18.6. The first-order valence-electron chi connectivity index (χ1n) is 7.84. The van der Waals surface area contributed by atoms with Gasteiger partial charge in [-0.15, -0.1) is 0 Å². The van der Waals surface area contributed by atoms with Crippen LogP contribution in [-0.2, 0) is 16.4 Å². The molecule has 24 heavy (non-hydrogen) atoms. The van der Waals surface area contributed by atoms with Gasteiger partial charge in [0.05, 0.1) is 10.5 Å². The zero-order valence-electron chi connectivity index (χ0n) is 13.1. The lowest BCUT2D eigenvalue weighted by atomic mass is 9.97. The van der Waals surface area contributed by atoms with Crippen molar-refractivity contribution in [2.24, 2.45) is 5.92 Å². The Labute approximate surface area is 141 Å². The molecule has 0 aliphatic carbocycles. The van der Waals surface area contributed by atoms with Crippen LogP contribution in [0.25, 0.3) is 0 Å². The van der Waals surface area contributed by atoms with E-state index in [2.05, 4.69) is 0 Å². The topological polar surface area (TPSA) is 74.7 Å². The summed E-state index contributed by atoms with van der Waals surface area (Å²) in [5.41, 5.74) is 1.19. The molecule has 1 N–H and O–H groups in total. The molecule has 1 fully saturated rings. The Morgan fingerprint density at radius 1 is 1.12 bits per heavy atom. The molecule has 1 saturated heterocycles. The highest BCUT2D eigenvalue weighted by molar-refractivity contribution is 7.89. The van der Waals surface area contributed by atoms with Gasteiger partial charge in [0.2, 0.25) is 10.0 Å². The second kappa shape index (κ2) is 6.75. The third-order valence-electron chi connectivity index (χ3n) is 4.33. The minimum absolute atomic E-state index is 0.201. The van der Waals surface area contributed by atoms with Crippen LogP contribution in [0, 0.1) is 5.92 Å². The number of hydrogen-bond acceptors (Lipinski definition) is 3. The van der Waals surface area contributed by atoms with Gasteiger partial charge in [-0.1, -0.05) is 30.3 Å². The SMILES string of the molecule is O=C(O)c1cccc(C[C@H]2CCN(S(=O)(=O)c3ccccc3)C2)c1. The van der Waals surface area contributed by atoms with Crippen LogP contribution in [0.15, 0.2) is 59.5 Å². The maximum atomic E-state index is 12.6. The number of benzene rings is 2. The maximum Gasteiger partial charge on any atom is 0.335 e. The largest absolute Gasteiger partial charge is 0.478 e. The van der Waals surface area contributed by atoms with Crippen LogP contribution in [0.1, 0.15) is 22.3 Å². The van der Waals surface area contributed by atoms with Gasteiger partial charge in [0.1, 0.15) is 0 Å². The van der Waals surface area contributed by atoms with Crippen molar-refractivity contribution in [1.82, 2.24) is 4.31 Å². The molecule has 2 aromatic rings. The Kier molecular flexibility index (Phi) is 4.69. The predicted molar refractivity (Wildman–Crippen MR) is 90.4 cm³/mol. The van der Waals surface area contributed by atoms with Crippen LogP contribution in [0.5, 0.6) is 0 Å². The van der Waals surface area contributed by atoms with Crippen molar-refractivity contribution < 1.29 is 18.3 Å². The third-order valence-corrected chi connectivity index (χ3v) is 6.21.